The van der Waals surface area contributed by atoms with Gasteiger partial charge in [0.2, 0.25) is 5.95 Å². The molecule has 8 nitrogen and oxygen atoms in total. The van der Waals surface area contributed by atoms with Gasteiger partial charge < -0.3 is 19.9 Å². The van der Waals surface area contributed by atoms with Crippen molar-refractivity contribution in [3.63, 3.8) is 0 Å². The Balaban J connectivity index is 1.38. The molecule has 2 aliphatic heterocycles. The fraction of sp³-hybridized carbons (Fsp3) is 0.750. The van der Waals surface area contributed by atoms with Crippen LogP contribution in [0, 0.1) is 5.92 Å². The van der Waals surface area contributed by atoms with E-state index >= 15 is 0 Å². The van der Waals surface area contributed by atoms with Gasteiger partial charge in [-0.1, -0.05) is 0 Å². The van der Waals surface area contributed by atoms with E-state index in [1.165, 1.54) is 6.42 Å². The van der Waals surface area contributed by atoms with E-state index in [2.05, 4.69) is 36.9 Å². The number of piperazine rings is 1. The molecular formula is C20H35N7O. The number of aromatic nitrogens is 2. The van der Waals surface area contributed by atoms with Crippen LogP contribution in [0.1, 0.15) is 19.8 Å². The van der Waals surface area contributed by atoms with Crippen molar-refractivity contribution in [2.24, 2.45) is 10.9 Å². The maximum atomic E-state index is 5.31. The number of hydrogen-bond acceptors (Lipinski definition) is 6. The normalized spacial score (nSPS) is 21.4. The molecule has 8 heteroatoms. The van der Waals surface area contributed by atoms with E-state index in [1.54, 1.807) is 7.11 Å². The maximum Gasteiger partial charge on any atom is 0.225 e. The number of rotatable bonds is 8. The SMILES string of the molecule is CCNC(=NCCCN1CCN(c2ncccn2)CC1)N1CCC(COC)C1. The summed E-state index contributed by atoms with van der Waals surface area (Å²) in [6, 6.07) is 1.86. The van der Waals surface area contributed by atoms with Gasteiger partial charge in [0.1, 0.15) is 0 Å². The number of likely N-dealkylation sites (tertiary alicyclic amines) is 1. The Kier molecular flexibility index (Phi) is 8.29. The standard InChI is InChI=1S/C20H35N7O/c1-3-21-19(27-11-6-18(16-27)17-28-2)24-9-5-10-25-12-14-26(15-13-25)20-22-7-4-8-23-20/h4,7-8,18H,3,5-6,9-17H2,1-2H3,(H,21,24). The summed E-state index contributed by atoms with van der Waals surface area (Å²) in [6.07, 6.45) is 5.90. The second kappa shape index (κ2) is 11.2. The van der Waals surface area contributed by atoms with Crippen molar-refractivity contribution in [1.29, 1.82) is 0 Å². The van der Waals surface area contributed by atoms with E-state index in [1.807, 2.05) is 18.5 Å². The third-order valence-corrected chi connectivity index (χ3v) is 5.42. The van der Waals surface area contributed by atoms with Crippen LogP contribution in [0.4, 0.5) is 5.95 Å². The molecule has 0 amide bonds. The first-order valence-corrected chi connectivity index (χ1v) is 10.6. The Hall–Kier alpha value is -1.93. The lowest BCUT2D eigenvalue weighted by atomic mass is 10.1. The molecule has 1 atom stereocenters. The van der Waals surface area contributed by atoms with E-state index in [0.29, 0.717) is 5.92 Å². The number of anilines is 1. The first-order chi connectivity index (χ1) is 13.8. The molecule has 1 aromatic rings. The van der Waals surface area contributed by atoms with E-state index in [4.69, 9.17) is 9.73 Å². The average molecular weight is 390 g/mol. The molecule has 0 spiro atoms. The number of nitrogens with one attached hydrogen (secondary N) is 1. The molecular weight excluding hydrogens is 354 g/mol. The van der Waals surface area contributed by atoms with E-state index in [0.717, 1.165) is 83.8 Å². The van der Waals surface area contributed by atoms with Crippen molar-refractivity contribution in [1.82, 2.24) is 25.1 Å². The summed E-state index contributed by atoms with van der Waals surface area (Å²) in [5, 5.41) is 3.45. The lowest BCUT2D eigenvalue weighted by Gasteiger charge is -2.34. The molecule has 2 aliphatic rings. The van der Waals surface area contributed by atoms with Gasteiger partial charge in [-0.05, 0) is 25.8 Å². The Morgan fingerprint density at radius 2 is 2.00 bits per heavy atom. The summed E-state index contributed by atoms with van der Waals surface area (Å²) in [4.78, 5) is 20.7. The van der Waals surface area contributed by atoms with Crippen molar-refractivity contribution in [3.8, 4) is 0 Å². The monoisotopic (exact) mass is 389 g/mol. The highest BCUT2D eigenvalue weighted by Gasteiger charge is 2.24. The lowest BCUT2D eigenvalue weighted by Crippen LogP contribution is -2.47. The fourth-order valence-corrected chi connectivity index (χ4v) is 3.93. The van der Waals surface area contributed by atoms with Crippen molar-refractivity contribution >= 4 is 11.9 Å². The van der Waals surface area contributed by atoms with Gasteiger partial charge in [-0.25, -0.2) is 9.97 Å². The minimum Gasteiger partial charge on any atom is -0.384 e. The highest BCUT2D eigenvalue weighted by Crippen LogP contribution is 2.16. The topological polar surface area (TPSA) is 69.1 Å². The Labute approximate surface area is 169 Å². The number of aliphatic imine (C=N–C) groups is 1. The molecule has 28 heavy (non-hydrogen) atoms. The van der Waals surface area contributed by atoms with Gasteiger partial charge in [0.15, 0.2) is 5.96 Å². The van der Waals surface area contributed by atoms with Crippen LogP contribution in [0.25, 0.3) is 0 Å². The van der Waals surface area contributed by atoms with Crippen LogP contribution < -0.4 is 10.2 Å². The smallest absolute Gasteiger partial charge is 0.225 e. The van der Waals surface area contributed by atoms with E-state index in [9.17, 15) is 0 Å². The zero-order chi connectivity index (χ0) is 19.6. The molecule has 1 aromatic heterocycles. The summed E-state index contributed by atoms with van der Waals surface area (Å²) in [5.41, 5.74) is 0. The molecule has 2 saturated heterocycles. The summed E-state index contributed by atoms with van der Waals surface area (Å²) in [5.74, 6) is 2.53. The first kappa shape index (κ1) is 20.8. The van der Waals surface area contributed by atoms with Crippen molar-refractivity contribution < 1.29 is 4.74 Å². The van der Waals surface area contributed by atoms with Crippen molar-refractivity contribution in [2.45, 2.75) is 19.8 Å². The Bertz CT molecular complexity index is 589. The number of nitrogens with zero attached hydrogens (tertiary/aromatic N) is 6. The molecule has 156 valence electrons. The third-order valence-electron chi connectivity index (χ3n) is 5.42. The number of methoxy groups -OCH3 is 1. The zero-order valence-electron chi connectivity index (χ0n) is 17.4. The molecule has 0 aliphatic carbocycles. The zero-order valence-corrected chi connectivity index (χ0v) is 17.4. The molecule has 3 heterocycles. The molecule has 1 N–H and O–H groups in total. The summed E-state index contributed by atoms with van der Waals surface area (Å²) < 4.78 is 5.31. The van der Waals surface area contributed by atoms with Gasteiger partial charge in [-0.3, -0.25) is 9.89 Å². The Morgan fingerprint density at radius 1 is 1.21 bits per heavy atom. The molecule has 0 bridgehead atoms. The van der Waals surface area contributed by atoms with E-state index in [-0.39, 0.29) is 0 Å². The molecule has 3 rings (SSSR count). The Morgan fingerprint density at radius 3 is 2.71 bits per heavy atom. The highest BCUT2D eigenvalue weighted by molar-refractivity contribution is 5.80. The van der Waals surface area contributed by atoms with E-state index < -0.39 is 0 Å². The largest absolute Gasteiger partial charge is 0.384 e. The van der Waals surface area contributed by atoms with Crippen LogP contribution >= 0.6 is 0 Å². The van der Waals surface area contributed by atoms with Gasteiger partial charge in [0, 0.05) is 84.3 Å². The molecule has 0 aromatic carbocycles. The van der Waals surface area contributed by atoms with Gasteiger partial charge in [-0.2, -0.15) is 0 Å². The average Bonchev–Trinajstić information content (AvgIpc) is 3.20. The van der Waals surface area contributed by atoms with Crippen molar-refractivity contribution in [3.05, 3.63) is 18.5 Å². The third kappa shape index (κ3) is 6.04. The van der Waals surface area contributed by atoms with Gasteiger partial charge in [0.25, 0.3) is 0 Å². The predicted molar refractivity (Wildman–Crippen MR) is 113 cm³/mol. The summed E-state index contributed by atoms with van der Waals surface area (Å²) in [7, 11) is 1.79. The van der Waals surface area contributed by atoms with Crippen LogP contribution in [0.15, 0.2) is 23.5 Å². The number of hydrogen-bond donors (Lipinski definition) is 1. The minimum absolute atomic E-state index is 0.624. The van der Waals surface area contributed by atoms with Gasteiger partial charge in [-0.15, -0.1) is 0 Å². The fourth-order valence-electron chi connectivity index (χ4n) is 3.93. The number of ether oxygens (including phenoxy) is 1. The summed E-state index contributed by atoms with van der Waals surface area (Å²) in [6.45, 7) is 12.1. The van der Waals surface area contributed by atoms with Gasteiger partial charge in [0.05, 0.1) is 6.61 Å². The molecule has 0 saturated carbocycles. The molecule has 2 fully saturated rings. The number of guanidine groups is 1. The van der Waals surface area contributed by atoms with Crippen LogP contribution in [-0.2, 0) is 4.74 Å². The highest BCUT2D eigenvalue weighted by atomic mass is 16.5. The first-order valence-electron chi connectivity index (χ1n) is 10.6. The minimum atomic E-state index is 0.624. The molecule has 1 unspecified atom stereocenters. The van der Waals surface area contributed by atoms with Crippen LogP contribution in [-0.4, -0.2) is 98.3 Å². The second-order valence-electron chi connectivity index (χ2n) is 7.52. The van der Waals surface area contributed by atoms with Crippen LogP contribution in [0.2, 0.25) is 0 Å². The lowest BCUT2D eigenvalue weighted by molar-refractivity contribution is 0.157. The second-order valence-corrected chi connectivity index (χ2v) is 7.52. The summed E-state index contributed by atoms with van der Waals surface area (Å²) >= 11 is 0. The molecule has 0 radical (unpaired) electrons. The van der Waals surface area contributed by atoms with Crippen LogP contribution in [0.3, 0.4) is 0 Å². The van der Waals surface area contributed by atoms with Crippen molar-refractivity contribution in [2.75, 3.05) is 77.5 Å². The predicted octanol–water partition coefficient (Wildman–Crippen LogP) is 0.923. The maximum absolute atomic E-state index is 5.31. The van der Waals surface area contributed by atoms with Gasteiger partial charge >= 0.3 is 0 Å². The quantitative estimate of drug-likeness (QED) is 0.403. The van der Waals surface area contributed by atoms with Crippen LogP contribution in [0.5, 0.6) is 0 Å².